The van der Waals surface area contributed by atoms with Gasteiger partial charge in [0.2, 0.25) is 5.91 Å². The first-order valence-corrected chi connectivity index (χ1v) is 4.43. The fourth-order valence-corrected chi connectivity index (χ4v) is 1.09. The van der Waals surface area contributed by atoms with Gasteiger partial charge in [-0.3, -0.25) is 9.59 Å². The van der Waals surface area contributed by atoms with Crippen molar-refractivity contribution in [3.63, 3.8) is 0 Å². The quantitative estimate of drug-likeness (QED) is 0.713. The van der Waals surface area contributed by atoms with Crippen molar-refractivity contribution < 1.29 is 19.1 Å². The van der Waals surface area contributed by atoms with Gasteiger partial charge in [-0.15, -0.1) is 0 Å². The number of nitrogens with two attached hydrogens (primary N) is 2. The fourth-order valence-electron chi connectivity index (χ4n) is 1.09. The molecule has 4 N–H and O–H groups in total. The third-order valence-electron chi connectivity index (χ3n) is 1.82. The molecule has 0 unspecified atom stereocenters. The molecule has 0 bridgehead atoms. The van der Waals surface area contributed by atoms with Gasteiger partial charge in [-0.1, -0.05) is 0 Å². The van der Waals surface area contributed by atoms with E-state index in [1.165, 1.54) is 25.3 Å². The van der Waals surface area contributed by atoms with E-state index in [0.29, 0.717) is 17.1 Å². The first-order chi connectivity index (χ1) is 7.54. The zero-order chi connectivity index (χ0) is 12.1. The van der Waals surface area contributed by atoms with Gasteiger partial charge >= 0.3 is 0 Å². The lowest BCUT2D eigenvalue weighted by Gasteiger charge is -2.09. The smallest absolute Gasteiger partial charge is 0.255 e. The predicted molar refractivity (Wildman–Crippen MR) is 56.2 cm³/mol. The van der Waals surface area contributed by atoms with E-state index < -0.39 is 11.8 Å². The summed E-state index contributed by atoms with van der Waals surface area (Å²) in [7, 11) is 1.41. The van der Waals surface area contributed by atoms with E-state index in [2.05, 4.69) is 0 Å². The molecule has 0 aromatic heterocycles. The van der Waals surface area contributed by atoms with Crippen LogP contribution in [0.2, 0.25) is 0 Å². The molecule has 0 aliphatic carbocycles. The van der Waals surface area contributed by atoms with Gasteiger partial charge in [-0.05, 0) is 18.2 Å². The first kappa shape index (κ1) is 11.8. The number of amides is 2. The Morgan fingerprint density at radius 1 is 1.25 bits per heavy atom. The number of ether oxygens (including phenoxy) is 2. The van der Waals surface area contributed by atoms with Crippen LogP contribution in [0.3, 0.4) is 0 Å². The Morgan fingerprint density at radius 3 is 2.44 bits per heavy atom. The highest BCUT2D eigenvalue weighted by Crippen LogP contribution is 2.27. The second kappa shape index (κ2) is 5.01. The number of carbonyl (C=O) groups is 2. The van der Waals surface area contributed by atoms with Gasteiger partial charge in [-0.2, -0.15) is 0 Å². The SMILES string of the molecule is COc1cc(C(N)=O)ccc1OCC(N)=O. The van der Waals surface area contributed by atoms with Crippen LogP contribution in [0.4, 0.5) is 0 Å². The van der Waals surface area contributed by atoms with Crippen molar-refractivity contribution >= 4 is 11.8 Å². The van der Waals surface area contributed by atoms with Gasteiger partial charge < -0.3 is 20.9 Å². The number of hydrogen-bond donors (Lipinski definition) is 2. The maximum atomic E-state index is 10.9. The van der Waals surface area contributed by atoms with Crippen LogP contribution in [0, 0.1) is 0 Å². The van der Waals surface area contributed by atoms with E-state index in [4.69, 9.17) is 20.9 Å². The molecule has 16 heavy (non-hydrogen) atoms. The van der Waals surface area contributed by atoms with Crippen molar-refractivity contribution in [3.8, 4) is 11.5 Å². The molecule has 6 nitrogen and oxygen atoms in total. The molecule has 0 spiro atoms. The van der Waals surface area contributed by atoms with Crippen LogP contribution < -0.4 is 20.9 Å². The summed E-state index contributed by atoms with van der Waals surface area (Å²) in [5.74, 6) is -0.523. The van der Waals surface area contributed by atoms with Crippen LogP contribution in [0.5, 0.6) is 11.5 Å². The molecule has 1 rings (SSSR count). The summed E-state index contributed by atoms with van der Waals surface area (Å²) < 4.78 is 10.1. The summed E-state index contributed by atoms with van der Waals surface area (Å²) >= 11 is 0. The second-order valence-electron chi connectivity index (χ2n) is 2.98. The maximum Gasteiger partial charge on any atom is 0.255 e. The lowest BCUT2D eigenvalue weighted by molar-refractivity contribution is -0.119. The molecule has 1 aromatic rings. The Labute approximate surface area is 92.1 Å². The summed E-state index contributed by atoms with van der Waals surface area (Å²) in [6, 6.07) is 4.39. The van der Waals surface area contributed by atoms with Crippen LogP contribution in [0.15, 0.2) is 18.2 Å². The standard InChI is InChI=1S/C10H12N2O4/c1-15-8-4-6(10(12)14)2-3-7(8)16-5-9(11)13/h2-4H,5H2,1H3,(H2,11,13)(H2,12,14). The Balaban J connectivity index is 2.93. The molecule has 0 saturated carbocycles. The van der Waals surface area contributed by atoms with E-state index in [1.807, 2.05) is 0 Å². The molecule has 0 aliphatic heterocycles. The number of hydrogen-bond acceptors (Lipinski definition) is 4. The van der Waals surface area contributed by atoms with Crippen LogP contribution in [0.25, 0.3) is 0 Å². The second-order valence-corrected chi connectivity index (χ2v) is 2.98. The van der Waals surface area contributed by atoms with E-state index in [9.17, 15) is 9.59 Å². The molecule has 0 atom stereocenters. The van der Waals surface area contributed by atoms with Crippen molar-refractivity contribution in [1.29, 1.82) is 0 Å². The summed E-state index contributed by atoms with van der Waals surface area (Å²) in [4.78, 5) is 21.4. The van der Waals surface area contributed by atoms with Crippen molar-refractivity contribution in [2.45, 2.75) is 0 Å². The fraction of sp³-hybridized carbons (Fsp3) is 0.200. The van der Waals surface area contributed by atoms with E-state index in [0.717, 1.165) is 0 Å². The third-order valence-corrected chi connectivity index (χ3v) is 1.82. The number of primary amides is 2. The third kappa shape index (κ3) is 2.88. The van der Waals surface area contributed by atoms with Crippen LogP contribution in [0.1, 0.15) is 10.4 Å². The molecule has 86 valence electrons. The summed E-state index contributed by atoms with van der Waals surface area (Å²) in [5.41, 5.74) is 10.3. The van der Waals surface area contributed by atoms with Gasteiger partial charge in [0.1, 0.15) is 0 Å². The molecular weight excluding hydrogens is 212 g/mol. The number of rotatable bonds is 5. The summed E-state index contributed by atoms with van der Waals surface area (Å²) in [6.07, 6.45) is 0. The minimum atomic E-state index is -0.596. The van der Waals surface area contributed by atoms with Gasteiger partial charge in [0.05, 0.1) is 7.11 Å². The predicted octanol–water partition coefficient (Wildman–Crippen LogP) is -0.342. The van der Waals surface area contributed by atoms with Crippen LogP contribution in [-0.4, -0.2) is 25.5 Å². The first-order valence-electron chi connectivity index (χ1n) is 4.43. The van der Waals surface area contributed by atoms with Crippen molar-refractivity contribution in [1.82, 2.24) is 0 Å². The van der Waals surface area contributed by atoms with Gasteiger partial charge in [0.15, 0.2) is 18.1 Å². The molecule has 0 saturated heterocycles. The van der Waals surface area contributed by atoms with Crippen LogP contribution >= 0.6 is 0 Å². The molecule has 0 aliphatic rings. The normalized spacial score (nSPS) is 9.56. The molecule has 0 fully saturated rings. The average molecular weight is 224 g/mol. The van der Waals surface area contributed by atoms with Gasteiger partial charge in [-0.25, -0.2) is 0 Å². The molecule has 0 radical (unpaired) electrons. The highest BCUT2D eigenvalue weighted by atomic mass is 16.5. The largest absolute Gasteiger partial charge is 0.493 e. The van der Waals surface area contributed by atoms with Gasteiger partial charge in [0, 0.05) is 5.56 Å². The number of methoxy groups -OCH3 is 1. The zero-order valence-corrected chi connectivity index (χ0v) is 8.73. The van der Waals surface area contributed by atoms with E-state index in [1.54, 1.807) is 0 Å². The Hall–Kier alpha value is -2.24. The molecule has 2 amide bonds. The lowest BCUT2D eigenvalue weighted by atomic mass is 10.2. The van der Waals surface area contributed by atoms with Crippen molar-refractivity contribution in [2.24, 2.45) is 11.5 Å². The molecular formula is C10H12N2O4. The Bertz CT molecular complexity index is 417. The molecule has 1 aromatic carbocycles. The maximum absolute atomic E-state index is 10.9. The van der Waals surface area contributed by atoms with Crippen molar-refractivity contribution in [3.05, 3.63) is 23.8 Å². The minimum absolute atomic E-state index is 0.258. The Kier molecular flexibility index (Phi) is 3.71. The van der Waals surface area contributed by atoms with E-state index in [-0.39, 0.29) is 6.61 Å². The zero-order valence-electron chi connectivity index (χ0n) is 8.73. The van der Waals surface area contributed by atoms with Crippen LogP contribution in [-0.2, 0) is 4.79 Å². The van der Waals surface area contributed by atoms with E-state index >= 15 is 0 Å². The minimum Gasteiger partial charge on any atom is -0.493 e. The summed E-state index contributed by atoms with van der Waals surface area (Å²) in [5, 5.41) is 0. The summed E-state index contributed by atoms with van der Waals surface area (Å²) in [6.45, 7) is -0.258. The highest BCUT2D eigenvalue weighted by molar-refractivity contribution is 5.93. The Morgan fingerprint density at radius 2 is 1.94 bits per heavy atom. The average Bonchev–Trinajstić information content (AvgIpc) is 2.25. The number of carbonyl (C=O) groups excluding carboxylic acids is 2. The molecule has 6 heteroatoms. The topological polar surface area (TPSA) is 105 Å². The monoisotopic (exact) mass is 224 g/mol. The van der Waals surface area contributed by atoms with Crippen molar-refractivity contribution in [2.75, 3.05) is 13.7 Å². The number of benzene rings is 1. The molecule has 0 heterocycles. The highest BCUT2D eigenvalue weighted by Gasteiger charge is 2.09. The lowest BCUT2D eigenvalue weighted by Crippen LogP contribution is -2.20. The van der Waals surface area contributed by atoms with Gasteiger partial charge in [0.25, 0.3) is 5.91 Å².